The lowest BCUT2D eigenvalue weighted by molar-refractivity contribution is 0.00578. The van der Waals surface area contributed by atoms with Gasteiger partial charge in [0, 0.05) is 12.0 Å². The summed E-state index contributed by atoms with van der Waals surface area (Å²) in [4.78, 5) is 0. The van der Waals surface area contributed by atoms with Gasteiger partial charge in [0.1, 0.15) is 0 Å². The van der Waals surface area contributed by atoms with Gasteiger partial charge in [-0.25, -0.2) is 0 Å². The molecule has 1 saturated heterocycles. The Morgan fingerprint density at radius 1 is 1.00 bits per heavy atom. The minimum Gasteiger partial charge on any atom is -0.399 e. The second-order valence-corrected chi connectivity index (χ2v) is 6.26. The van der Waals surface area contributed by atoms with E-state index in [0.29, 0.717) is 0 Å². The van der Waals surface area contributed by atoms with Gasteiger partial charge < -0.3 is 9.31 Å². The normalized spacial score (nSPS) is 19.6. The number of hydrogen-bond donors (Lipinski definition) is 0. The summed E-state index contributed by atoms with van der Waals surface area (Å²) in [5.74, 6) is 6.32. The van der Waals surface area contributed by atoms with E-state index in [-0.39, 0.29) is 18.3 Å². The van der Waals surface area contributed by atoms with E-state index >= 15 is 0 Å². The van der Waals surface area contributed by atoms with Crippen molar-refractivity contribution in [2.45, 2.75) is 58.7 Å². The first-order valence-electron chi connectivity index (χ1n) is 7.30. The summed E-state index contributed by atoms with van der Waals surface area (Å²) in [6.45, 7) is 10.4. The molecule has 0 spiro atoms. The van der Waals surface area contributed by atoms with E-state index in [2.05, 4.69) is 46.5 Å². The van der Waals surface area contributed by atoms with E-state index in [1.54, 1.807) is 0 Å². The summed E-state index contributed by atoms with van der Waals surface area (Å²) < 4.78 is 12.1. The Labute approximate surface area is 123 Å². The van der Waals surface area contributed by atoms with Gasteiger partial charge in [0.2, 0.25) is 0 Å². The van der Waals surface area contributed by atoms with Crippen molar-refractivity contribution in [1.29, 1.82) is 0 Å². The number of rotatable bonds is 2. The summed E-state index contributed by atoms with van der Waals surface area (Å²) in [7, 11) is -0.294. The van der Waals surface area contributed by atoms with E-state index in [1.165, 1.54) is 0 Å². The zero-order valence-electron chi connectivity index (χ0n) is 13.1. The quantitative estimate of drug-likeness (QED) is 0.607. The zero-order valence-corrected chi connectivity index (χ0v) is 13.1. The molecule has 0 saturated carbocycles. The smallest absolute Gasteiger partial charge is 0.399 e. The maximum atomic E-state index is 6.03. The zero-order chi connectivity index (χ0) is 14.8. The molecule has 0 bridgehead atoms. The highest BCUT2D eigenvalue weighted by Gasteiger charge is 2.51. The molecule has 0 radical (unpaired) electrons. The predicted octanol–water partition coefficient (Wildman–Crippen LogP) is 3.14. The van der Waals surface area contributed by atoms with Crippen LogP contribution in [0.4, 0.5) is 0 Å². The van der Waals surface area contributed by atoms with Crippen LogP contribution in [0.2, 0.25) is 0 Å². The van der Waals surface area contributed by atoms with Crippen LogP contribution in [-0.2, 0) is 9.31 Å². The van der Waals surface area contributed by atoms with Gasteiger partial charge >= 0.3 is 7.12 Å². The van der Waals surface area contributed by atoms with E-state index < -0.39 is 0 Å². The van der Waals surface area contributed by atoms with Crippen molar-refractivity contribution in [3.63, 3.8) is 0 Å². The van der Waals surface area contributed by atoms with Crippen molar-refractivity contribution in [3.8, 4) is 11.8 Å². The fourth-order valence-corrected chi connectivity index (χ4v) is 1.99. The fraction of sp³-hybridized carbons (Fsp3) is 0.529. The molecule has 3 heteroatoms. The van der Waals surface area contributed by atoms with E-state index in [1.807, 2.05) is 24.3 Å². The SMILES string of the molecule is CCCC#Cc1ccc(B2OC(C)(C)C(C)(C)O2)cc1. The first-order chi connectivity index (χ1) is 9.36. The maximum Gasteiger partial charge on any atom is 0.494 e. The van der Waals surface area contributed by atoms with Crippen LogP contribution in [0, 0.1) is 11.8 Å². The van der Waals surface area contributed by atoms with Gasteiger partial charge in [0.25, 0.3) is 0 Å². The van der Waals surface area contributed by atoms with Crippen molar-refractivity contribution >= 4 is 12.6 Å². The first-order valence-corrected chi connectivity index (χ1v) is 7.30. The Morgan fingerprint density at radius 2 is 1.55 bits per heavy atom. The molecule has 0 atom stereocenters. The Hall–Kier alpha value is -1.24. The third-order valence-corrected chi connectivity index (χ3v) is 4.04. The van der Waals surface area contributed by atoms with Crippen molar-refractivity contribution in [2.75, 3.05) is 0 Å². The minimum atomic E-state index is -0.294. The highest BCUT2D eigenvalue weighted by Crippen LogP contribution is 2.36. The maximum absolute atomic E-state index is 6.03. The van der Waals surface area contributed by atoms with Crippen LogP contribution >= 0.6 is 0 Å². The molecule has 0 aromatic heterocycles. The molecule has 1 fully saturated rings. The molecular formula is C17H23BO2. The molecule has 20 heavy (non-hydrogen) atoms. The lowest BCUT2D eigenvalue weighted by Crippen LogP contribution is -2.41. The molecule has 0 N–H and O–H groups in total. The molecule has 0 aliphatic carbocycles. The van der Waals surface area contributed by atoms with Crippen molar-refractivity contribution in [3.05, 3.63) is 29.8 Å². The Morgan fingerprint density at radius 3 is 2.05 bits per heavy atom. The van der Waals surface area contributed by atoms with Gasteiger partial charge in [0.05, 0.1) is 11.2 Å². The molecule has 1 heterocycles. The average molecular weight is 270 g/mol. The Balaban J connectivity index is 2.11. The molecular weight excluding hydrogens is 247 g/mol. The topological polar surface area (TPSA) is 18.5 Å². The second-order valence-electron chi connectivity index (χ2n) is 6.26. The van der Waals surface area contributed by atoms with Crippen LogP contribution in [0.1, 0.15) is 53.0 Å². The highest BCUT2D eigenvalue weighted by atomic mass is 16.7. The summed E-state index contributed by atoms with van der Waals surface area (Å²) in [6.07, 6.45) is 2.04. The third-order valence-electron chi connectivity index (χ3n) is 4.04. The summed E-state index contributed by atoms with van der Waals surface area (Å²) in [5, 5.41) is 0. The van der Waals surface area contributed by atoms with Crippen LogP contribution in [-0.4, -0.2) is 18.3 Å². The predicted molar refractivity (Wildman–Crippen MR) is 83.9 cm³/mol. The largest absolute Gasteiger partial charge is 0.494 e. The molecule has 1 aliphatic heterocycles. The number of benzene rings is 1. The first kappa shape index (κ1) is 15.2. The summed E-state index contributed by atoms with van der Waals surface area (Å²) in [5.41, 5.74) is 1.50. The second kappa shape index (κ2) is 5.64. The third kappa shape index (κ3) is 3.08. The molecule has 2 nitrogen and oxygen atoms in total. The van der Waals surface area contributed by atoms with Gasteiger partial charge in [-0.1, -0.05) is 30.9 Å². The molecule has 1 aliphatic rings. The minimum absolute atomic E-state index is 0.294. The molecule has 1 aromatic carbocycles. The van der Waals surface area contributed by atoms with Crippen LogP contribution < -0.4 is 5.46 Å². The van der Waals surface area contributed by atoms with Gasteiger partial charge in [-0.3, -0.25) is 0 Å². The van der Waals surface area contributed by atoms with E-state index in [0.717, 1.165) is 23.9 Å². The van der Waals surface area contributed by atoms with Gasteiger partial charge in [0.15, 0.2) is 0 Å². The summed E-state index contributed by atoms with van der Waals surface area (Å²) >= 11 is 0. The molecule has 0 amide bonds. The monoisotopic (exact) mass is 270 g/mol. The molecule has 106 valence electrons. The lowest BCUT2D eigenvalue weighted by Gasteiger charge is -2.32. The van der Waals surface area contributed by atoms with Gasteiger partial charge in [-0.15, -0.1) is 0 Å². The standard InChI is InChI=1S/C17H23BO2/c1-6-7-8-9-14-10-12-15(13-11-14)18-19-16(2,3)17(4,5)20-18/h10-13H,6-7H2,1-5H3. The van der Waals surface area contributed by atoms with Gasteiger partial charge in [-0.2, -0.15) is 0 Å². The lowest BCUT2D eigenvalue weighted by atomic mass is 9.79. The molecule has 1 aromatic rings. The number of unbranched alkanes of at least 4 members (excludes halogenated alkanes) is 1. The van der Waals surface area contributed by atoms with E-state index in [9.17, 15) is 0 Å². The molecule has 0 unspecified atom stereocenters. The number of hydrogen-bond acceptors (Lipinski definition) is 2. The van der Waals surface area contributed by atoms with Crippen molar-refractivity contribution in [1.82, 2.24) is 0 Å². The Kier molecular flexibility index (Phi) is 4.27. The average Bonchev–Trinajstić information content (AvgIpc) is 2.60. The van der Waals surface area contributed by atoms with Crippen LogP contribution in [0.25, 0.3) is 0 Å². The summed E-state index contributed by atoms with van der Waals surface area (Å²) in [6, 6.07) is 8.14. The van der Waals surface area contributed by atoms with Gasteiger partial charge in [-0.05, 0) is 51.7 Å². The molecule has 2 rings (SSSR count). The van der Waals surface area contributed by atoms with Crippen LogP contribution in [0.15, 0.2) is 24.3 Å². The van der Waals surface area contributed by atoms with Crippen LogP contribution in [0.5, 0.6) is 0 Å². The fourth-order valence-electron chi connectivity index (χ4n) is 1.99. The van der Waals surface area contributed by atoms with E-state index in [4.69, 9.17) is 9.31 Å². The Bertz CT molecular complexity index is 504. The highest BCUT2D eigenvalue weighted by molar-refractivity contribution is 6.62. The van der Waals surface area contributed by atoms with Crippen LogP contribution in [0.3, 0.4) is 0 Å². The van der Waals surface area contributed by atoms with Crippen molar-refractivity contribution < 1.29 is 9.31 Å². The van der Waals surface area contributed by atoms with Crippen molar-refractivity contribution in [2.24, 2.45) is 0 Å².